The predicted molar refractivity (Wildman–Crippen MR) is 79.2 cm³/mol. The Bertz CT molecular complexity index is 365. The van der Waals surface area contributed by atoms with Crippen LogP contribution in [0, 0.1) is 5.92 Å². The fourth-order valence-electron chi connectivity index (χ4n) is 2.67. The summed E-state index contributed by atoms with van der Waals surface area (Å²) in [4.78, 5) is 6.44. The second kappa shape index (κ2) is 6.67. The van der Waals surface area contributed by atoms with E-state index in [9.17, 15) is 0 Å². The van der Waals surface area contributed by atoms with E-state index < -0.39 is 0 Å². The van der Waals surface area contributed by atoms with E-state index in [1.807, 2.05) is 11.3 Å². The van der Waals surface area contributed by atoms with Crippen LogP contribution in [0.3, 0.4) is 0 Å². The van der Waals surface area contributed by atoms with Gasteiger partial charge in [0.15, 0.2) is 0 Å². The van der Waals surface area contributed by atoms with E-state index in [1.54, 1.807) is 0 Å². The van der Waals surface area contributed by atoms with Crippen molar-refractivity contribution in [3.05, 3.63) is 15.6 Å². The van der Waals surface area contributed by atoms with Gasteiger partial charge < -0.3 is 5.32 Å². The van der Waals surface area contributed by atoms with Gasteiger partial charge in [0.25, 0.3) is 0 Å². The van der Waals surface area contributed by atoms with Crippen molar-refractivity contribution in [2.75, 3.05) is 6.54 Å². The third-order valence-electron chi connectivity index (χ3n) is 3.64. The minimum absolute atomic E-state index is 0.698. The predicted octanol–water partition coefficient (Wildman–Crippen LogP) is 4.11. The average Bonchev–Trinajstić information content (AvgIpc) is 2.94. The highest BCUT2D eigenvalue weighted by molar-refractivity contribution is 7.11. The Morgan fingerprint density at radius 1 is 1.33 bits per heavy atom. The second-order valence-electron chi connectivity index (χ2n) is 5.78. The molecule has 1 saturated carbocycles. The third kappa shape index (κ3) is 3.55. The Morgan fingerprint density at radius 3 is 2.67 bits per heavy atom. The third-order valence-corrected chi connectivity index (χ3v) is 4.90. The molecule has 1 fully saturated rings. The largest absolute Gasteiger partial charge is 0.312 e. The number of aromatic nitrogens is 1. The molecule has 1 aliphatic rings. The van der Waals surface area contributed by atoms with Gasteiger partial charge in [-0.25, -0.2) is 4.98 Å². The zero-order valence-electron chi connectivity index (χ0n) is 12.0. The molecule has 0 aliphatic heterocycles. The fraction of sp³-hybridized carbons (Fsp3) is 0.800. The van der Waals surface area contributed by atoms with Crippen molar-refractivity contribution < 1.29 is 0 Å². The van der Waals surface area contributed by atoms with E-state index in [-0.39, 0.29) is 0 Å². The number of nitrogens with one attached hydrogen (secondary N) is 1. The van der Waals surface area contributed by atoms with Gasteiger partial charge in [0, 0.05) is 17.3 Å². The van der Waals surface area contributed by atoms with Gasteiger partial charge in [-0.3, -0.25) is 0 Å². The minimum atomic E-state index is 0.698. The highest BCUT2D eigenvalue weighted by atomic mass is 32.1. The SMILES string of the molecule is CCNCc1sc(C2CCCC2)nc1CC(C)C. The zero-order chi connectivity index (χ0) is 13.0. The molecule has 1 aliphatic carbocycles. The number of rotatable bonds is 6. The van der Waals surface area contributed by atoms with Crippen molar-refractivity contribution in [2.45, 2.75) is 65.3 Å². The van der Waals surface area contributed by atoms with Gasteiger partial charge in [0.2, 0.25) is 0 Å². The van der Waals surface area contributed by atoms with E-state index in [0.717, 1.165) is 25.4 Å². The molecule has 0 amide bonds. The molecular weight excluding hydrogens is 240 g/mol. The summed E-state index contributed by atoms with van der Waals surface area (Å²) in [6.07, 6.45) is 6.63. The smallest absolute Gasteiger partial charge is 0.0962 e. The summed E-state index contributed by atoms with van der Waals surface area (Å²) in [5.74, 6) is 1.46. The van der Waals surface area contributed by atoms with Crippen LogP contribution in [0.15, 0.2) is 0 Å². The van der Waals surface area contributed by atoms with Gasteiger partial charge in [-0.15, -0.1) is 11.3 Å². The fourth-order valence-corrected chi connectivity index (χ4v) is 3.91. The first-order chi connectivity index (χ1) is 8.70. The summed E-state index contributed by atoms with van der Waals surface area (Å²) in [5, 5.41) is 4.87. The molecule has 1 aromatic heterocycles. The van der Waals surface area contributed by atoms with Crippen LogP contribution in [-0.2, 0) is 13.0 Å². The standard InChI is InChI=1S/C15H26N2S/c1-4-16-10-14-13(9-11(2)3)17-15(18-14)12-7-5-6-8-12/h11-12,16H,4-10H2,1-3H3. The molecule has 1 heterocycles. The van der Waals surface area contributed by atoms with E-state index in [4.69, 9.17) is 4.98 Å². The van der Waals surface area contributed by atoms with E-state index in [0.29, 0.717) is 5.92 Å². The number of nitrogens with zero attached hydrogens (tertiary/aromatic N) is 1. The van der Waals surface area contributed by atoms with Crippen LogP contribution < -0.4 is 5.32 Å². The molecule has 3 heteroatoms. The van der Waals surface area contributed by atoms with Crippen LogP contribution in [0.25, 0.3) is 0 Å². The first-order valence-electron chi connectivity index (χ1n) is 7.39. The average molecular weight is 266 g/mol. The Balaban J connectivity index is 2.13. The molecule has 1 aromatic rings. The lowest BCUT2D eigenvalue weighted by atomic mass is 10.1. The quantitative estimate of drug-likeness (QED) is 0.838. The first kappa shape index (κ1) is 14.0. The maximum absolute atomic E-state index is 4.96. The Labute approximate surface area is 115 Å². The van der Waals surface area contributed by atoms with Crippen molar-refractivity contribution in [3.63, 3.8) is 0 Å². The molecule has 0 bridgehead atoms. The summed E-state index contributed by atoms with van der Waals surface area (Å²) >= 11 is 1.97. The lowest BCUT2D eigenvalue weighted by Gasteiger charge is -2.05. The van der Waals surface area contributed by atoms with Crippen molar-refractivity contribution in [3.8, 4) is 0 Å². The van der Waals surface area contributed by atoms with Crippen molar-refractivity contribution in [1.82, 2.24) is 10.3 Å². The van der Waals surface area contributed by atoms with Crippen LogP contribution in [0.2, 0.25) is 0 Å². The molecule has 0 atom stereocenters. The van der Waals surface area contributed by atoms with Gasteiger partial charge >= 0.3 is 0 Å². The lowest BCUT2D eigenvalue weighted by Crippen LogP contribution is -2.12. The highest BCUT2D eigenvalue weighted by Crippen LogP contribution is 2.37. The number of hydrogen-bond donors (Lipinski definition) is 1. The Kier molecular flexibility index (Phi) is 5.19. The summed E-state index contributed by atoms with van der Waals surface area (Å²) in [6, 6.07) is 0. The molecule has 102 valence electrons. The molecule has 0 saturated heterocycles. The van der Waals surface area contributed by atoms with Crippen LogP contribution >= 0.6 is 11.3 Å². The maximum atomic E-state index is 4.96. The zero-order valence-corrected chi connectivity index (χ0v) is 12.8. The van der Waals surface area contributed by atoms with Crippen molar-refractivity contribution in [2.24, 2.45) is 5.92 Å². The maximum Gasteiger partial charge on any atom is 0.0962 e. The molecule has 18 heavy (non-hydrogen) atoms. The van der Waals surface area contributed by atoms with Gasteiger partial charge in [0.1, 0.15) is 0 Å². The lowest BCUT2D eigenvalue weighted by molar-refractivity contribution is 0.621. The number of thiazole rings is 1. The highest BCUT2D eigenvalue weighted by Gasteiger charge is 2.22. The van der Waals surface area contributed by atoms with Gasteiger partial charge in [-0.1, -0.05) is 33.6 Å². The normalized spacial score (nSPS) is 16.9. The monoisotopic (exact) mass is 266 g/mol. The molecule has 0 aromatic carbocycles. The molecule has 0 unspecified atom stereocenters. The molecule has 0 spiro atoms. The molecular formula is C15H26N2S. The van der Waals surface area contributed by atoms with Gasteiger partial charge in [-0.05, 0) is 31.7 Å². The van der Waals surface area contributed by atoms with Crippen LogP contribution in [-0.4, -0.2) is 11.5 Å². The topological polar surface area (TPSA) is 24.9 Å². The van der Waals surface area contributed by atoms with E-state index >= 15 is 0 Å². The molecule has 0 radical (unpaired) electrons. The molecule has 2 nitrogen and oxygen atoms in total. The first-order valence-corrected chi connectivity index (χ1v) is 8.21. The summed E-state index contributed by atoms with van der Waals surface area (Å²) in [7, 11) is 0. The summed E-state index contributed by atoms with van der Waals surface area (Å²) in [6.45, 7) is 8.78. The Hall–Kier alpha value is -0.410. The van der Waals surface area contributed by atoms with Gasteiger partial charge in [-0.2, -0.15) is 0 Å². The van der Waals surface area contributed by atoms with E-state index in [1.165, 1.54) is 41.3 Å². The van der Waals surface area contributed by atoms with Crippen molar-refractivity contribution in [1.29, 1.82) is 0 Å². The Morgan fingerprint density at radius 2 is 2.06 bits per heavy atom. The number of hydrogen-bond acceptors (Lipinski definition) is 3. The van der Waals surface area contributed by atoms with Crippen molar-refractivity contribution >= 4 is 11.3 Å². The molecule has 1 N–H and O–H groups in total. The van der Waals surface area contributed by atoms with Crippen LogP contribution in [0.5, 0.6) is 0 Å². The van der Waals surface area contributed by atoms with Crippen LogP contribution in [0.4, 0.5) is 0 Å². The van der Waals surface area contributed by atoms with Gasteiger partial charge in [0.05, 0.1) is 10.7 Å². The van der Waals surface area contributed by atoms with Crippen LogP contribution in [0.1, 0.15) is 68.0 Å². The summed E-state index contributed by atoms with van der Waals surface area (Å²) < 4.78 is 0. The second-order valence-corrected chi connectivity index (χ2v) is 6.90. The summed E-state index contributed by atoms with van der Waals surface area (Å²) in [5.41, 5.74) is 1.36. The minimum Gasteiger partial charge on any atom is -0.312 e. The molecule has 2 rings (SSSR count). The van der Waals surface area contributed by atoms with E-state index in [2.05, 4.69) is 26.1 Å².